The van der Waals surface area contributed by atoms with Gasteiger partial charge < -0.3 is 5.73 Å². The van der Waals surface area contributed by atoms with E-state index in [0.717, 1.165) is 12.8 Å². The van der Waals surface area contributed by atoms with Crippen LogP contribution in [0.25, 0.3) is 10.9 Å². The van der Waals surface area contributed by atoms with Crippen LogP contribution in [0.5, 0.6) is 0 Å². The standard InChI is InChI=1S/C15H19N3O2S/c1-11-6-9-18(10-7-11)21(19,20)14-5-4-13(16)12-3-2-8-17-15(12)14/h2-5,8,11H,6-7,9-10,16H2,1H3. The molecule has 0 spiro atoms. The molecule has 1 saturated heterocycles. The minimum absolute atomic E-state index is 0.252. The highest BCUT2D eigenvalue weighted by Crippen LogP contribution is 2.30. The van der Waals surface area contributed by atoms with Gasteiger partial charge in [-0.15, -0.1) is 0 Å². The maximum absolute atomic E-state index is 12.9. The van der Waals surface area contributed by atoms with E-state index in [-0.39, 0.29) is 4.90 Å². The van der Waals surface area contributed by atoms with E-state index in [9.17, 15) is 8.42 Å². The first kappa shape index (κ1) is 14.3. The van der Waals surface area contributed by atoms with E-state index < -0.39 is 10.0 Å². The third-order valence-electron chi connectivity index (χ3n) is 4.13. The van der Waals surface area contributed by atoms with Gasteiger partial charge in [-0.2, -0.15) is 4.31 Å². The summed E-state index contributed by atoms with van der Waals surface area (Å²) in [6.07, 6.45) is 3.40. The molecule has 3 rings (SSSR count). The number of rotatable bonds is 2. The number of hydrogen-bond acceptors (Lipinski definition) is 4. The summed E-state index contributed by atoms with van der Waals surface area (Å²) in [4.78, 5) is 4.48. The number of nitrogen functional groups attached to an aromatic ring is 1. The minimum Gasteiger partial charge on any atom is -0.398 e. The molecule has 112 valence electrons. The lowest BCUT2D eigenvalue weighted by molar-refractivity contribution is 0.288. The van der Waals surface area contributed by atoms with Crippen LogP contribution < -0.4 is 5.73 Å². The normalized spacial score (nSPS) is 18.1. The summed E-state index contributed by atoms with van der Waals surface area (Å²) in [6, 6.07) is 6.77. The fourth-order valence-corrected chi connectivity index (χ4v) is 4.36. The van der Waals surface area contributed by atoms with Crippen LogP contribution in [-0.4, -0.2) is 30.8 Å². The number of sulfonamides is 1. The molecule has 1 fully saturated rings. The second-order valence-corrected chi connectivity index (χ2v) is 7.55. The topological polar surface area (TPSA) is 76.3 Å². The molecule has 1 aliphatic rings. The van der Waals surface area contributed by atoms with Crippen LogP contribution in [0.15, 0.2) is 35.4 Å². The zero-order chi connectivity index (χ0) is 15.0. The van der Waals surface area contributed by atoms with Crippen LogP contribution in [0.2, 0.25) is 0 Å². The summed E-state index contributed by atoms with van der Waals surface area (Å²) in [5.74, 6) is 0.581. The first-order chi connectivity index (χ1) is 10.00. The van der Waals surface area contributed by atoms with Gasteiger partial charge in [0.05, 0.1) is 5.52 Å². The first-order valence-corrected chi connectivity index (χ1v) is 8.57. The lowest BCUT2D eigenvalue weighted by atomic mass is 10.0. The fourth-order valence-electron chi connectivity index (χ4n) is 2.74. The Kier molecular flexibility index (Phi) is 3.59. The van der Waals surface area contributed by atoms with E-state index in [0.29, 0.717) is 35.6 Å². The van der Waals surface area contributed by atoms with E-state index in [4.69, 9.17) is 5.73 Å². The van der Waals surface area contributed by atoms with Gasteiger partial charge in [0, 0.05) is 30.4 Å². The Bertz CT molecular complexity index is 766. The predicted octanol–water partition coefficient (Wildman–Crippen LogP) is 2.24. The maximum atomic E-state index is 12.9. The quantitative estimate of drug-likeness (QED) is 0.863. The number of nitrogens with zero attached hydrogens (tertiary/aromatic N) is 2. The summed E-state index contributed by atoms with van der Waals surface area (Å²) >= 11 is 0. The number of fused-ring (bicyclic) bond motifs is 1. The van der Waals surface area contributed by atoms with Crippen molar-refractivity contribution >= 4 is 26.6 Å². The van der Waals surface area contributed by atoms with Crippen LogP contribution in [0.1, 0.15) is 19.8 Å². The average Bonchev–Trinajstić information content (AvgIpc) is 2.48. The molecule has 2 heterocycles. The Labute approximate surface area is 124 Å². The minimum atomic E-state index is -3.51. The van der Waals surface area contributed by atoms with Gasteiger partial charge >= 0.3 is 0 Å². The zero-order valence-corrected chi connectivity index (χ0v) is 12.8. The lowest BCUT2D eigenvalue weighted by Crippen LogP contribution is -2.38. The van der Waals surface area contributed by atoms with Gasteiger partial charge in [-0.3, -0.25) is 4.98 Å². The molecule has 6 heteroatoms. The van der Waals surface area contributed by atoms with Crippen molar-refractivity contribution < 1.29 is 8.42 Å². The molecule has 1 aromatic carbocycles. The summed E-state index contributed by atoms with van der Waals surface area (Å²) in [7, 11) is -3.51. The Morgan fingerprint density at radius 2 is 1.95 bits per heavy atom. The monoisotopic (exact) mass is 305 g/mol. The van der Waals surface area contributed by atoms with Crippen molar-refractivity contribution in [1.82, 2.24) is 9.29 Å². The molecule has 0 unspecified atom stereocenters. The van der Waals surface area contributed by atoms with Crippen molar-refractivity contribution in [3.63, 3.8) is 0 Å². The van der Waals surface area contributed by atoms with Crippen molar-refractivity contribution in [2.45, 2.75) is 24.7 Å². The molecule has 2 N–H and O–H groups in total. The second kappa shape index (κ2) is 5.27. The van der Waals surface area contributed by atoms with E-state index >= 15 is 0 Å². The maximum Gasteiger partial charge on any atom is 0.245 e. The van der Waals surface area contributed by atoms with E-state index in [2.05, 4.69) is 11.9 Å². The molecular weight excluding hydrogens is 286 g/mol. The Morgan fingerprint density at radius 3 is 2.67 bits per heavy atom. The first-order valence-electron chi connectivity index (χ1n) is 7.13. The Balaban J connectivity index is 2.09. The van der Waals surface area contributed by atoms with Crippen molar-refractivity contribution in [3.8, 4) is 0 Å². The summed E-state index contributed by atoms with van der Waals surface area (Å²) in [5, 5.41) is 0.684. The van der Waals surface area contributed by atoms with Crippen molar-refractivity contribution in [2.24, 2.45) is 5.92 Å². The van der Waals surface area contributed by atoms with Gasteiger partial charge in [-0.05, 0) is 43.0 Å². The van der Waals surface area contributed by atoms with Gasteiger partial charge in [-0.25, -0.2) is 8.42 Å². The highest BCUT2D eigenvalue weighted by atomic mass is 32.2. The van der Waals surface area contributed by atoms with E-state index in [1.807, 2.05) is 0 Å². The van der Waals surface area contributed by atoms with Gasteiger partial charge in [-0.1, -0.05) is 6.92 Å². The van der Waals surface area contributed by atoms with Crippen LogP contribution >= 0.6 is 0 Å². The van der Waals surface area contributed by atoms with Crippen molar-refractivity contribution in [2.75, 3.05) is 18.8 Å². The number of benzene rings is 1. The van der Waals surface area contributed by atoms with Gasteiger partial charge in [0.1, 0.15) is 4.90 Å². The SMILES string of the molecule is CC1CCN(S(=O)(=O)c2ccc(N)c3cccnc23)CC1. The Hall–Kier alpha value is -1.66. The zero-order valence-electron chi connectivity index (χ0n) is 12.0. The molecule has 1 aromatic heterocycles. The van der Waals surface area contributed by atoms with Crippen LogP contribution in [-0.2, 0) is 10.0 Å². The van der Waals surface area contributed by atoms with Crippen LogP contribution in [0.3, 0.4) is 0 Å². The molecule has 0 saturated carbocycles. The van der Waals surface area contributed by atoms with E-state index in [1.165, 1.54) is 0 Å². The smallest absolute Gasteiger partial charge is 0.245 e. The molecule has 0 amide bonds. The lowest BCUT2D eigenvalue weighted by Gasteiger charge is -2.29. The number of pyridine rings is 1. The highest BCUT2D eigenvalue weighted by molar-refractivity contribution is 7.89. The van der Waals surface area contributed by atoms with Crippen LogP contribution in [0.4, 0.5) is 5.69 Å². The van der Waals surface area contributed by atoms with Crippen molar-refractivity contribution in [1.29, 1.82) is 0 Å². The van der Waals surface area contributed by atoms with E-state index in [1.54, 1.807) is 34.8 Å². The highest BCUT2D eigenvalue weighted by Gasteiger charge is 2.29. The van der Waals surface area contributed by atoms with Crippen LogP contribution in [0, 0.1) is 5.92 Å². The molecule has 5 nitrogen and oxygen atoms in total. The summed E-state index contributed by atoms with van der Waals surface area (Å²) < 4.78 is 27.3. The molecule has 1 aliphatic heterocycles. The van der Waals surface area contributed by atoms with Gasteiger partial charge in [0.25, 0.3) is 0 Å². The number of anilines is 1. The molecule has 0 bridgehead atoms. The number of nitrogens with two attached hydrogens (primary N) is 1. The largest absolute Gasteiger partial charge is 0.398 e. The third kappa shape index (κ3) is 2.49. The molecule has 0 aliphatic carbocycles. The second-order valence-electron chi connectivity index (χ2n) is 5.64. The summed E-state index contributed by atoms with van der Waals surface area (Å²) in [5.41, 5.74) is 6.92. The fraction of sp³-hybridized carbons (Fsp3) is 0.400. The summed E-state index contributed by atoms with van der Waals surface area (Å²) in [6.45, 7) is 3.30. The molecule has 0 atom stereocenters. The number of hydrogen-bond donors (Lipinski definition) is 1. The number of piperidine rings is 1. The average molecular weight is 305 g/mol. The van der Waals surface area contributed by atoms with Gasteiger partial charge in [0.2, 0.25) is 10.0 Å². The van der Waals surface area contributed by atoms with Gasteiger partial charge in [0.15, 0.2) is 0 Å². The third-order valence-corrected chi connectivity index (χ3v) is 6.06. The number of aromatic nitrogens is 1. The molecule has 21 heavy (non-hydrogen) atoms. The molecular formula is C15H19N3O2S. The molecule has 0 radical (unpaired) electrons. The molecule has 2 aromatic rings. The van der Waals surface area contributed by atoms with Crippen molar-refractivity contribution in [3.05, 3.63) is 30.5 Å². The Morgan fingerprint density at radius 1 is 1.24 bits per heavy atom. The predicted molar refractivity (Wildman–Crippen MR) is 83.3 cm³/mol.